The Kier molecular flexibility index (Phi) is 5.00. The third-order valence-corrected chi connectivity index (χ3v) is 6.67. The lowest BCUT2D eigenvalue weighted by Crippen LogP contribution is -2.34. The lowest BCUT2D eigenvalue weighted by atomic mass is 10.1. The number of amides is 1. The fourth-order valence-electron chi connectivity index (χ4n) is 3.68. The smallest absolute Gasteiger partial charge is 0.295 e. The Bertz CT molecular complexity index is 1100. The molecule has 1 aliphatic heterocycles. The average Bonchev–Trinajstić information content (AvgIpc) is 3.15. The van der Waals surface area contributed by atoms with Crippen molar-refractivity contribution in [3.05, 3.63) is 76.2 Å². The van der Waals surface area contributed by atoms with Gasteiger partial charge in [-0.15, -0.1) is 11.8 Å². The Balaban J connectivity index is 1.85. The fourth-order valence-corrected chi connectivity index (χ4v) is 4.94. The van der Waals surface area contributed by atoms with E-state index in [-0.39, 0.29) is 22.1 Å². The number of aromatic nitrogens is 2. The maximum atomic E-state index is 13.4. The molecule has 1 amide bonds. The molecule has 1 saturated heterocycles. The first kappa shape index (κ1) is 19.4. The van der Waals surface area contributed by atoms with E-state index in [0.29, 0.717) is 5.69 Å². The molecule has 1 fully saturated rings. The van der Waals surface area contributed by atoms with E-state index in [1.807, 2.05) is 75.5 Å². The van der Waals surface area contributed by atoms with E-state index in [0.717, 1.165) is 22.7 Å². The number of para-hydroxylation sites is 1. The summed E-state index contributed by atoms with van der Waals surface area (Å²) >= 11 is 1.55. The zero-order valence-corrected chi connectivity index (χ0v) is 17.6. The second-order valence-corrected chi connectivity index (χ2v) is 8.45. The molecular weight excluding hydrogens is 386 g/mol. The monoisotopic (exact) mass is 409 g/mol. The summed E-state index contributed by atoms with van der Waals surface area (Å²) in [4.78, 5) is 28.2. The average molecular weight is 410 g/mol. The van der Waals surface area contributed by atoms with Crippen molar-refractivity contribution in [3.63, 3.8) is 0 Å². The summed E-state index contributed by atoms with van der Waals surface area (Å²) in [6.07, 6.45) is 0. The van der Waals surface area contributed by atoms with Gasteiger partial charge in [-0.25, -0.2) is 4.68 Å². The van der Waals surface area contributed by atoms with E-state index < -0.39 is 0 Å². The predicted octanol–water partition coefficient (Wildman–Crippen LogP) is 3.66. The van der Waals surface area contributed by atoms with Crippen LogP contribution in [0.5, 0.6) is 5.75 Å². The molecule has 2 aromatic carbocycles. The normalized spacial score (nSPS) is 19.0. The molecule has 1 aliphatic rings. The summed E-state index contributed by atoms with van der Waals surface area (Å²) < 4.78 is 8.66. The van der Waals surface area contributed by atoms with Crippen molar-refractivity contribution >= 4 is 23.4 Å². The van der Waals surface area contributed by atoms with Crippen LogP contribution in [0.25, 0.3) is 5.69 Å². The van der Waals surface area contributed by atoms with Crippen molar-refractivity contribution in [3.8, 4) is 11.4 Å². The maximum absolute atomic E-state index is 13.4. The number of carbonyl (C=O) groups is 1. The Hall–Kier alpha value is -2.93. The van der Waals surface area contributed by atoms with E-state index in [4.69, 9.17) is 4.74 Å². The Morgan fingerprint density at radius 3 is 2.28 bits per heavy atom. The van der Waals surface area contributed by atoms with E-state index in [9.17, 15) is 9.59 Å². The van der Waals surface area contributed by atoms with Crippen LogP contribution in [0.4, 0.5) is 5.69 Å². The Morgan fingerprint density at radius 1 is 1.00 bits per heavy atom. The van der Waals surface area contributed by atoms with Crippen LogP contribution in [-0.4, -0.2) is 27.6 Å². The molecule has 0 aliphatic carbocycles. The second-order valence-electron chi connectivity index (χ2n) is 7.02. The summed E-state index contributed by atoms with van der Waals surface area (Å²) in [5.41, 5.74) is 2.71. The van der Waals surface area contributed by atoms with Crippen LogP contribution in [0.3, 0.4) is 0 Å². The van der Waals surface area contributed by atoms with Gasteiger partial charge in [-0.1, -0.05) is 30.3 Å². The third kappa shape index (κ3) is 3.15. The first-order valence-electron chi connectivity index (χ1n) is 9.40. The number of nitrogens with zero attached hydrogens (tertiary/aromatic N) is 3. The summed E-state index contributed by atoms with van der Waals surface area (Å²) in [6.45, 7) is 3.76. The van der Waals surface area contributed by atoms with Crippen LogP contribution in [0.15, 0.2) is 59.4 Å². The van der Waals surface area contributed by atoms with Gasteiger partial charge in [0.05, 0.1) is 23.7 Å². The minimum atomic E-state index is -0.263. The molecular formula is C22H23N3O3S. The van der Waals surface area contributed by atoms with E-state index >= 15 is 0 Å². The molecule has 3 aromatic rings. The second kappa shape index (κ2) is 7.48. The van der Waals surface area contributed by atoms with E-state index in [1.54, 1.807) is 33.1 Å². The zero-order chi connectivity index (χ0) is 20.7. The van der Waals surface area contributed by atoms with Crippen molar-refractivity contribution in [1.29, 1.82) is 0 Å². The quantitative estimate of drug-likeness (QED) is 0.660. The zero-order valence-electron chi connectivity index (χ0n) is 16.8. The molecule has 0 spiro atoms. The maximum Gasteiger partial charge on any atom is 0.295 e. The SMILES string of the molecule is COc1ccc([C@@H]2S[C@H](C)C(=O)N2c2c(C)n(C)n(-c3ccccc3)c2=O)cc1. The van der Waals surface area contributed by atoms with Crippen LogP contribution >= 0.6 is 11.8 Å². The van der Waals surface area contributed by atoms with Gasteiger partial charge >= 0.3 is 0 Å². The molecule has 7 heteroatoms. The fraction of sp³-hybridized carbons (Fsp3) is 0.273. The van der Waals surface area contributed by atoms with Crippen molar-refractivity contribution in [1.82, 2.24) is 9.36 Å². The minimum Gasteiger partial charge on any atom is -0.497 e. The van der Waals surface area contributed by atoms with Crippen molar-refractivity contribution < 1.29 is 9.53 Å². The van der Waals surface area contributed by atoms with Gasteiger partial charge < -0.3 is 4.74 Å². The minimum absolute atomic E-state index is 0.0539. The molecule has 0 bridgehead atoms. The molecule has 0 saturated carbocycles. The number of benzene rings is 2. The molecule has 2 heterocycles. The molecule has 29 heavy (non-hydrogen) atoms. The number of methoxy groups -OCH3 is 1. The van der Waals surface area contributed by atoms with Crippen LogP contribution in [0.2, 0.25) is 0 Å². The van der Waals surface area contributed by atoms with Crippen LogP contribution in [0, 0.1) is 6.92 Å². The summed E-state index contributed by atoms with van der Waals surface area (Å²) in [6, 6.07) is 17.1. The van der Waals surface area contributed by atoms with Gasteiger partial charge in [-0.2, -0.15) is 0 Å². The van der Waals surface area contributed by atoms with Crippen molar-refractivity contribution in [2.24, 2.45) is 7.05 Å². The number of rotatable bonds is 4. The highest BCUT2D eigenvalue weighted by molar-refractivity contribution is 8.01. The number of thioether (sulfide) groups is 1. The van der Waals surface area contributed by atoms with Gasteiger partial charge in [0.1, 0.15) is 16.8 Å². The molecule has 1 aromatic heterocycles. The first-order valence-corrected chi connectivity index (χ1v) is 10.3. The van der Waals surface area contributed by atoms with Gasteiger partial charge in [0.2, 0.25) is 5.91 Å². The van der Waals surface area contributed by atoms with Gasteiger partial charge in [0, 0.05) is 7.05 Å². The topological polar surface area (TPSA) is 56.5 Å². The van der Waals surface area contributed by atoms with Gasteiger partial charge in [0.15, 0.2) is 0 Å². The van der Waals surface area contributed by atoms with Crippen LogP contribution in [-0.2, 0) is 11.8 Å². The van der Waals surface area contributed by atoms with Crippen molar-refractivity contribution in [2.75, 3.05) is 12.0 Å². The Labute approximate surface area is 173 Å². The largest absolute Gasteiger partial charge is 0.497 e. The molecule has 0 radical (unpaired) electrons. The lowest BCUT2D eigenvalue weighted by Gasteiger charge is -2.23. The summed E-state index contributed by atoms with van der Waals surface area (Å²) in [5, 5.41) is -0.493. The van der Waals surface area contributed by atoms with Gasteiger partial charge in [-0.3, -0.25) is 19.2 Å². The molecule has 2 atom stereocenters. The first-order chi connectivity index (χ1) is 13.9. The predicted molar refractivity (Wildman–Crippen MR) is 116 cm³/mol. The van der Waals surface area contributed by atoms with Gasteiger partial charge in [0.25, 0.3) is 5.56 Å². The Morgan fingerprint density at radius 2 is 1.66 bits per heavy atom. The summed E-state index contributed by atoms with van der Waals surface area (Å²) in [5.74, 6) is 0.701. The number of ether oxygens (including phenoxy) is 1. The molecule has 150 valence electrons. The summed E-state index contributed by atoms with van der Waals surface area (Å²) in [7, 11) is 3.46. The standard InChI is InChI=1S/C22H23N3O3S/c1-14-19(21(27)25(23(14)3)17-8-6-5-7-9-17)24-20(26)15(2)29-22(24)16-10-12-18(28-4)13-11-16/h5-13,15,22H,1-4H3/t15-,22+/m1/s1. The van der Waals surface area contributed by atoms with Gasteiger partial charge in [-0.05, 0) is 43.7 Å². The number of hydrogen-bond acceptors (Lipinski definition) is 4. The van der Waals surface area contributed by atoms with Crippen LogP contribution in [0.1, 0.15) is 23.6 Å². The molecule has 4 rings (SSSR count). The highest BCUT2D eigenvalue weighted by Gasteiger charge is 2.42. The molecule has 0 unspecified atom stereocenters. The highest BCUT2D eigenvalue weighted by atomic mass is 32.2. The van der Waals surface area contributed by atoms with Crippen LogP contribution < -0.4 is 15.2 Å². The number of hydrogen-bond donors (Lipinski definition) is 0. The van der Waals surface area contributed by atoms with Crippen molar-refractivity contribution in [2.45, 2.75) is 24.5 Å². The lowest BCUT2D eigenvalue weighted by molar-refractivity contribution is -0.117. The molecule has 0 N–H and O–H groups in total. The van der Waals surface area contributed by atoms with E-state index in [1.165, 1.54) is 0 Å². The third-order valence-electron chi connectivity index (χ3n) is 5.32. The number of anilines is 1. The highest BCUT2D eigenvalue weighted by Crippen LogP contribution is 2.45. The number of carbonyl (C=O) groups excluding carboxylic acids is 1. The van der Waals surface area contributed by atoms with E-state index in [2.05, 4.69) is 0 Å². The molecule has 6 nitrogen and oxygen atoms in total.